The van der Waals surface area contributed by atoms with E-state index in [-0.39, 0.29) is 0 Å². The van der Waals surface area contributed by atoms with Gasteiger partial charge < -0.3 is 5.32 Å². The van der Waals surface area contributed by atoms with Crippen molar-refractivity contribution in [2.75, 3.05) is 0 Å². The van der Waals surface area contributed by atoms with Crippen molar-refractivity contribution in [2.24, 2.45) is 0 Å². The molecule has 0 aliphatic carbocycles. The molecule has 0 amide bonds. The van der Waals surface area contributed by atoms with Gasteiger partial charge in [-0.1, -0.05) is 10.3 Å². The fraction of sp³-hybridized carbons (Fsp3) is 0.364. The number of aromatic nitrogens is 3. The minimum absolute atomic E-state index is 0.664. The van der Waals surface area contributed by atoms with E-state index in [4.69, 9.17) is 0 Å². The monoisotopic (exact) mass is 218 g/mol. The number of hydrogen-bond donors (Lipinski definition) is 1. The molecule has 5 heteroatoms. The van der Waals surface area contributed by atoms with E-state index in [1.54, 1.807) is 6.20 Å². The highest BCUT2D eigenvalue weighted by Gasteiger charge is 2.04. The zero-order chi connectivity index (χ0) is 11.4. The van der Waals surface area contributed by atoms with Crippen LogP contribution in [0.3, 0.4) is 0 Å². The second-order valence-electron chi connectivity index (χ2n) is 3.70. The van der Waals surface area contributed by atoms with Crippen molar-refractivity contribution in [3.05, 3.63) is 41.0 Å². The number of pyridine rings is 1. The van der Waals surface area contributed by atoms with E-state index in [2.05, 4.69) is 25.2 Å². The van der Waals surface area contributed by atoms with Crippen molar-refractivity contribution in [3.63, 3.8) is 0 Å². The maximum atomic E-state index is 4.62. The quantitative estimate of drug-likeness (QED) is 0.839. The lowest BCUT2D eigenvalue weighted by molar-refractivity contribution is 0.300. The van der Waals surface area contributed by atoms with Crippen molar-refractivity contribution >= 4 is 0 Å². The maximum absolute atomic E-state index is 4.62. The van der Waals surface area contributed by atoms with E-state index >= 15 is 0 Å². The summed E-state index contributed by atoms with van der Waals surface area (Å²) in [4.78, 5) is 4.05. The number of rotatable bonds is 4. The molecular formula is C11H14N4O. The number of aryl methyl sites for hydroxylation is 2. The first kappa shape index (κ1) is 10.8. The lowest BCUT2D eigenvalue weighted by Crippen LogP contribution is -2.14. The molecule has 0 saturated heterocycles. The van der Waals surface area contributed by atoms with E-state index in [9.17, 15) is 0 Å². The van der Waals surface area contributed by atoms with Gasteiger partial charge in [-0.15, -0.1) is 0 Å². The predicted octanol–water partition coefficient (Wildman–Crippen LogP) is 1.37. The Morgan fingerprint density at radius 2 is 2.12 bits per heavy atom. The third-order valence-corrected chi connectivity index (χ3v) is 2.49. The molecule has 0 atom stereocenters. The fourth-order valence-electron chi connectivity index (χ4n) is 1.43. The van der Waals surface area contributed by atoms with Crippen LogP contribution >= 0.6 is 0 Å². The van der Waals surface area contributed by atoms with Crippen LogP contribution < -0.4 is 5.32 Å². The molecule has 0 saturated carbocycles. The zero-order valence-corrected chi connectivity index (χ0v) is 9.40. The highest BCUT2D eigenvalue weighted by molar-refractivity contribution is 5.21. The van der Waals surface area contributed by atoms with Gasteiger partial charge >= 0.3 is 0 Å². The minimum atomic E-state index is 0.664. The first-order chi connectivity index (χ1) is 7.77. The van der Waals surface area contributed by atoms with E-state index in [1.807, 2.05) is 26.1 Å². The van der Waals surface area contributed by atoms with E-state index in [0.717, 1.165) is 17.9 Å². The predicted molar refractivity (Wildman–Crippen MR) is 58.6 cm³/mol. The Hall–Kier alpha value is -1.75. The van der Waals surface area contributed by atoms with Gasteiger partial charge in [-0.25, -0.2) is 4.63 Å². The molecule has 2 rings (SSSR count). The largest absolute Gasteiger partial charge is 0.307 e. The molecule has 2 heterocycles. The van der Waals surface area contributed by atoms with Crippen LogP contribution in [0, 0.1) is 13.8 Å². The van der Waals surface area contributed by atoms with Gasteiger partial charge in [0.05, 0.1) is 0 Å². The van der Waals surface area contributed by atoms with Crippen LogP contribution in [-0.2, 0) is 13.1 Å². The Morgan fingerprint density at radius 3 is 2.81 bits per heavy atom. The molecule has 0 aliphatic rings. The molecule has 16 heavy (non-hydrogen) atoms. The van der Waals surface area contributed by atoms with E-state index in [0.29, 0.717) is 6.54 Å². The van der Waals surface area contributed by atoms with Gasteiger partial charge in [-0.05, 0) is 31.0 Å². The molecule has 84 valence electrons. The van der Waals surface area contributed by atoms with Gasteiger partial charge in [0.1, 0.15) is 11.4 Å². The molecule has 0 bridgehead atoms. The van der Waals surface area contributed by atoms with Crippen LogP contribution in [0.25, 0.3) is 0 Å². The van der Waals surface area contributed by atoms with Gasteiger partial charge in [0.2, 0.25) is 0 Å². The van der Waals surface area contributed by atoms with Crippen LogP contribution in [0.5, 0.6) is 0 Å². The van der Waals surface area contributed by atoms with Gasteiger partial charge in [0, 0.05) is 25.5 Å². The van der Waals surface area contributed by atoms with Crippen LogP contribution in [0.4, 0.5) is 0 Å². The van der Waals surface area contributed by atoms with Crippen LogP contribution in [-0.4, -0.2) is 15.3 Å². The van der Waals surface area contributed by atoms with Crippen molar-refractivity contribution in [2.45, 2.75) is 26.9 Å². The average molecular weight is 218 g/mol. The lowest BCUT2D eigenvalue weighted by atomic mass is 10.1. The van der Waals surface area contributed by atoms with Crippen molar-refractivity contribution in [3.8, 4) is 0 Å². The highest BCUT2D eigenvalue weighted by atomic mass is 16.6. The molecule has 2 aromatic heterocycles. The molecule has 5 nitrogen and oxygen atoms in total. The second kappa shape index (κ2) is 4.85. The maximum Gasteiger partial charge on any atom is 0.121 e. The third-order valence-electron chi connectivity index (χ3n) is 2.49. The Kier molecular flexibility index (Phi) is 3.26. The van der Waals surface area contributed by atoms with Gasteiger partial charge in [0.15, 0.2) is 0 Å². The zero-order valence-electron chi connectivity index (χ0n) is 9.40. The smallest absolute Gasteiger partial charge is 0.121 e. The summed E-state index contributed by atoms with van der Waals surface area (Å²) in [6.07, 6.45) is 3.66. The SMILES string of the molecule is Cc1cnccc1CNCc1nonc1C. The average Bonchev–Trinajstić information content (AvgIpc) is 2.67. The molecular weight excluding hydrogens is 204 g/mol. The third kappa shape index (κ3) is 2.43. The van der Waals surface area contributed by atoms with Gasteiger partial charge in [0.25, 0.3) is 0 Å². The summed E-state index contributed by atoms with van der Waals surface area (Å²) >= 11 is 0. The molecule has 0 radical (unpaired) electrons. The summed E-state index contributed by atoms with van der Waals surface area (Å²) in [5.74, 6) is 0. The van der Waals surface area contributed by atoms with Crippen LogP contribution in [0.2, 0.25) is 0 Å². The molecule has 2 aromatic rings. The lowest BCUT2D eigenvalue weighted by Gasteiger charge is -2.05. The van der Waals surface area contributed by atoms with Crippen molar-refractivity contribution in [1.29, 1.82) is 0 Å². The molecule has 0 spiro atoms. The molecule has 0 aliphatic heterocycles. The summed E-state index contributed by atoms with van der Waals surface area (Å²) in [5, 5.41) is 10.8. The summed E-state index contributed by atoms with van der Waals surface area (Å²) in [6.45, 7) is 5.38. The van der Waals surface area contributed by atoms with E-state index in [1.165, 1.54) is 11.1 Å². The van der Waals surface area contributed by atoms with E-state index < -0.39 is 0 Å². The highest BCUT2D eigenvalue weighted by Crippen LogP contribution is 2.05. The molecule has 0 fully saturated rings. The van der Waals surface area contributed by atoms with Crippen LogP contribution in [0.15, 0.2) is 23.1 Å². The minimum Gasteiger partial charge on any atom is -0.307 e. The Bertz CT molecular complexity index is 467. The molecule has 1 N–H and O–H groups in total. The summed E-state index contributed by atoms with van der Waals surface area (Å²) in [7, 11) is 0. The topological polar surface area (TPSA) is 63.8 Å². The van der Waals surface area contributed by atoms with Crippen molar-refractivity contribution < 1.29 is 4.63 Å². The fourth-order valence-corrected chi connectivity index (χ4v) is 1.43. The summed E-state index contributed by atoms with van der Waals surface area (Å²) in [6, 6.07) is 2.01. The first-order valence-electron chi connectivity index (χ1n) is 5.15. The standard InChI is InChI=1S/C11H14N4O/c1-8-5-12-4-3-10(8)6-13-7-11-9(2)14-16-15-11/h3-5,13H,6-7H2,1-2H3. The number of nitrogens with zero attached hydrogens (tertiary/aromatic N) is 3. The summed E-state index contributed by atoms with van der Waals surface area (Å²) in [5.41, 5.74) is 4.11. The molecule has 0 unspecified atom stereocenters. The van der Waals surface area contributed by atoms with Crippen LogP contribution in [0.1, 0.15) is 22.5 Å². The Balaban J connectivity index is 1.89. The first-order valence-corrected chi connectivity index (χ1v) is 5.15. The molecule has 0 aromatic carbocycles. The number of nitrogens with one attached hydrogen (secondary N) is 1. The van der Waals surface area contributed by atoms with Gasteiger partial charge in [-0.2, -0.15) is 0 Å². The normalized spacial score (nSPS) is 10.6. The Labute approximate surface area is 93.9 Å². The Morgan fingerprint density at radius 1 is 1.25 bits per heavy atom. The summed E-state index contributed by atoms with van der Waals surface area (Å²) < 4.78 is 4.62. The second-order valence-corrected chi connectivity index (χ2v) is 3.70. The van der Waals surface area contributed by atoms with Gasteiger partial charge in [-0.3, -0.25) is 4.98 Å². The van der Waals surface area contributed by atoms with Crippen molar-refractivity contribution in [1.82, 2.24) is 20.6 Å². The number of hydrogen-bond acceptors (Lipinski definition) is 5.